The van der Waals surface area contributed by atoms with Crippen molar-refractivity contribution in [3.05, 3.63) is 51.7 Å². The highest BCUT2D eigenvalue weighted by molar-refractivity contribution is 7.10. The van der Waals surface area contributed by atoms with E-state index in [1.807, 2.05) is 23.5 Å². The third-order valence-corrected chi connectivity index (χ3v) is 6.38. The summed E-state index contributed by atoms with van der Waals surface area (Å²) < 4.78 is 11.8. The second kappa shape index (κ2) is 7.46. The van der Waals surface area contributed by atoms with Crippen LogP contribution in [0.5, 0.6) is 5.75 Å². The van der Waals surface area contributed by atoms with E-state index in [0.717, 1.165) is 51.3 Å². The SMILES string of the molecule is OCCOc1cccc(CN2CCC3(CC2)OCCc2ccsc23)c1. The van der Waals surface area contributed by atoms with Crippen LogP contribution in [0.3, 0.4) is 0 Å². The topological polar surface area (TPSA) is 41.9 Å². The van der Waals surface area contributed by atoms with Crippen LogP contribution in [-0.2, 0) is 23.3 Å². The summed E-state index contributed by atoms with van der Waals surface area (Å²) in [5.41, 5.74) is 2.72. The van der Waals surface area contributed by atoms with Crippen molar-refractivity contribution < 1.29 is 14.6 Å². The van der Waals surface area contributed by atoms with Gasteiger partial charge in [0.05, 0.1) is 13.2 Å². The molecule has 1 aromatic carbocycles. The first-order valence-corrected chi connectivity index (χ1v) is 9.93. The molecule has 1 N–H and O–H groups in total. The van der Waals surface area contributed by atoms with Crippen LogP contribution in [0.25, 0.3) is 0 Å². The molecule has 4 nitrogen and oxygen atoms in total. The minimum Gasteiger partial charge on any atom is -0.491 e. The minimum absolute atomic E-state index is 0.0374. The van der Waals surface area contributed by atoms with Crippen molar-refractivity contribution in [3.63, 3.8) is 0 Å². The number of likely N-dealkylation sites (tertiary alicyclic amines) is 1. The predicted molar refractivity (Wildman–Crippen MR) is 99.2 cm³/mol. The lowest BCUT2D eigenvalue weighted by Gasteiger charge is -2.43. The largest absolute Gasteiger partial charge is 0.491 e. The summed E-state index contributed by atoms with van der Waals surface area (Å²) in [5, 5.41) is 11.1. The monoisotopic (exact) mass is 359 g/mol. The van der Waals surface area contributed by atoms with Gasteiger partial charge in [-0.25, -0.2) is 0 Å². The van der Waals surface area contributed by atoms with Gasteiger partial charge in [0.15, 0.2) is 0 Å². The van der Waals surface area contributed by atoms with E-state index in [2.05, 4.69) is 28.5 Å². The number of nitrogens with zero attached hydrogens (tertiary/aromatic N) is 1. The summed E-state index contributed by atoms with van der Waals surface area (Å²) in [7, 11) is 0. The number of fused-ring (bicyclic) bond motifs is 2. The second-order valence-corrected chi connectivity index (χ2v) is 7.78. The van der Waals surface area contributed by atoms with Crippen LogP contribution in [0, 0.1) is 0 Å². The van der Waals surface area contributed by atoms with Gasteiger partial charge in [0.1, 0.15) is 18.0 Å². The highest BCUT2D eigenvalue weighted by Gasteiger charge is 2.41. The summed E-state index contributed by atoms with van der Waals surface area (Å²) in [6, 6.07) is 10.5. The number of rotatable bonds is 5. The summed E-state index contributed by atoms with van der Waals surface area (Å²) in [5.74, 6) is 0.832. The molecule has 134 valence electrons. The van der Waals surface area contributed by atoms with Crippen LogP contribution in [-0.4, -0.2) is 42.9 Å². The molecule has 25 heavy (non-hydrogen) atoms. The number of thiophene rings is 1. The third-order valence-electron chi connectivity index (χ3n) is 5.24. The quantitative estimate of drug-likeness (QED) is 0.890. The Labute approximate surface area is 153 Å². The first-order chi connectivity index (χ1) is 12.3. The zero-order chi connectivity index (χ0) is 17.1. The molecule has 1 saturated heterocycles. The molecular formula is C20H25NO3S. The van der Waals surface area contributed by atoms with E-state index >= 15 is 0 Å². The van der Waals surface area contributed by atoms with E-state index in [0.29, 0.717) is 6.61 Å². The van der Waals surface area contributed by atoms with Gasteiger partial charge < -0.3 is 14.6 Å². The molecule has 0 amide bonds. The van der Waals surface area contributed by atoms with Crippen molar-refractivity contribution in [2.24, 2.45) is 0 Å². The molecule has 2 aromatic rings. The Hall–Kier alpha value is -1.40. The first-order valence-electron chi connectivity index (χ1n) is 9.05. The Balaban J connectivity index is 1.39. The molecule has 0 saturated carbocycles. The maximum Gasteiger partial charge on any atom is 0.119 e. The lowest BCUT2D eigenvalue weighted by Crippen LogP contribution is -2.45. The number of hydrogen-bond acceptors (Lipinski definition) is 5. The van der Waals surface area contributed by atoms with Gasteiger partial charge in [0, 0.05) is 24.5 Å². The number of piperidine rings is 1. The molecule has 2 aliphatic rings. The Kier molecular flexibility index (Phi) is 5.08. The average Bonchev–Trinajstić information content (AvgIpc) is 3.13. The van der Waals surface area contributed by atoms with Gasteiger partial charge in [-0.1, -0.05) is 12.1 Å². The normalized spacial score (nSPS) is 19.7. The zero-order valence-corrected chi connectivity index (χ0v) is 15.3. The highest BCUT2D eigenvalue weighted by Crippen LogP contribution is 2.44. The summed E-state index contributed by atoms with van der Waals surface area (Å²) in [4.78, 5) is 3.97. The van der Waals surface area contributed by atoms with Crippen LogP contribution in [0.4, 0.5) is 0 Å². The van der Waals surface area contributed by atoms with Crippen molar-refractivity contribution in [1.82, 2.24) is 4.90 Å². The van der Waals surface area contributed by atoms with Gasteiger partial charge in [0.25, 0.3) is 0 Å². The fraction of sp³-hybridized carbons (Fsp3) is 0.500. The van der Waals surface area contributed by atoms with Gasteiger partial charge in [0.2, 0.25) is 0 Å². The maximum atomic E-state index is 8.89. The van der Waals surface area contributed by atoms with Crippen LogP contribution in [0.15, 0.2) is 35.7 Å². The summed E-state index contributed by atoms with van der Waals surface area (Å²) in [6.45, 7) is 4.29. The number of aliphatic hydroxyl groups excluding tert-OH is 1. The van der Waals surface area contributed by atoms with E-state index < -0.39 is 0 Å². The second-order valence-electron chi connectivity index (χ2n) is 6.86. The molecule has 0 atom stereocenters. The average molecular weight is 359 g/mol. The minimum atomic E-state index is -0.0374. The highest BCUT2D eigenvalue weighted by atomic mass is 32.1. The van der Waals surface area contributed by atoms with Crippen LogP contribution < -0.4 is 4.74 Å². The molecule has 2 aliphatic heterocycles. The molecule has 0 bridgehead atoms. The van der Waals surface area contributed by atoms with Gasteiger partial charge in [-0.2, -0.15) is 0 Å². The molecule has 4 rings (SSSR count). The van der Waals surface area contributed by atoms with Crippen molar-refractivity contribution in [2.45, 2.75) is 31.4 Å². The molecule has 0 unspecified atom stereocenters. The number of aliphatic hydroxyl groups is 1. The van der Waals surface area contributed by atoms with Gasteiger partial charge >= 0.3 is 0 Å². The summed E-state index contributed by atoms with van der Waals surface area (Å²) in [6.07, 6.45) is 3.20. The Morgan fingerprint density at radius 3 is 2.96 bits per heavy atom. The molecule has 3 heterocycles. The number of ether oxygens (including phenoxy) is 2. The van der Waals surface area contributed by atoms with Crippen molar-refractivity contribution in [2.75, 3.05) is 32.9 Å². The standard InChI is InChI=1S/C20H25NO3S/c22-10-12-23-18-3-1-2-16(14-18)15-21-8-6-20(7-9-21)19-17(4-11-24-20)5-13-25-19/h1-3,5,13-14,22H,4,6-12,15H2. The summed E-state index contributed by atoms with van der Waals surface area (Å²) >= 11 is 1.87. The molecule has 5 heteroatoms. The maximum absolute atomic E-state index is 8.89. The number of hydrogen-bond donors (Lipinski definition) is 1. The van der Waals surface area contributed by atoms with E-state index in [1.165, 1.54) is 16.0 Å². The fourth-order valence-electron chi connectivity index (χ4n) is 3.95. The Morgan fingerprint density at radius 2 is 2.12 bits per heavy atom. The van der Waals surface area contributed by atoms with Gasteiger partial charge in [-0.05, 0) is 54.0 Å². The lowest BCUT2D eigenvalue weighted by atomic mass is 9.85. The molecule has 1 fully saturated rings. The molecule has 0 aliphatic carbocycles. The number of benzene rings is 1. The molecule has 0 radical (unpaired) electrons. The van der Waals surface area contributed by atoms with E-state index in [1.54, 1.807) is 0 Å². The molecule has 1 aromatic heterocycles. The Morgan fingerprint density at radius 1 is 1.24 bits per heavy atom. The van der Waals surface area contributed by atoms with Crippen LogP contribution in [0.1, 0.15) is 28.8 Å². The molecular weight excluding hydrogens is 334 g/mol. The van der Waals surface area contributed by atoms with Crippen LogP contribution >= 0.6 is 11.3 Å². The zero-order valence-electron chi connectivity index (χ0n) is 14.4. The van der Waals surface area contributed by atoms with Crippen LogP contribution in [0.2, 0.25) is 0 Å². The Bertz CT molecular complexity index is 706. The van der Waals surface area contributed by atoms with E-state index in [4.69, 9.17) is 14.6 Å². The van der Waals surface area contributed by atoms with Gasteiger partial charge in [-0.3, -0.25) is 4.90 Å². The predicted octanol–water partition coefficient (Wildman–Crippen LogP) is 3.18. The first kappa shape index (κ1) is 17.0. The van der Waals surface area contributed by atoms with Crippen molar-refractivity contribution >= 4 is 11.3 Å². The van der Waals surface area contributed by atoms with E-state index in [9.17, 15) is 0 Å². The van der Waals surface area contributed by atoms with E-state index in [-0.39, 0.29) is 12.2 Å². The third kappa shape index (κ3) is 3.60. The smallest absolute Gasteiger partial charge is 0.119 e. The molecule has 1 spiro atoms. The van der Waals surface area contributed by atoms with Gasteiger partial charge in [-0.15, -0.1) is 11.3 Å². The lowest BCUT2D eigenvalue weighted by molar-refractivity contribution is -0.0960. The van der Waals surface area contributed by atoms with Crippen molar-refractivity contribution in [3.8, 4) is 5.75 Å². The van der Waals surface area contributed by atoms with Crippen molar-refractivity contribution in [1.29, 1.82) is 0 Å². The fourth-order valence-corrected chi connectivity index (χ4v) is 5.12.